The number of aromatic nitrogens is 4. The van der Waals surface area contributed by atoms with Crippen molar-refractivity contribution in [2.24, 2.45) is 0 Å². The molecule has 3 aromatic rings. The summed E-state index contributed by atoms with van der Waals surface area (Å²) >= 11 is 0. The molecule has 2 heterocycles. The van der Waals surface area contributed by atoms with Crippen molar-refractivity contribution in [2.75, 3.05) is 6.61 Å². The van der Waals surface area contributed by atoms with Gasteiger partial charge < -0.3 is 9.72 Å². The number of nitrogens with zero attached hydrogens (tertiary/aromatic N) is 1. The molecule has 3 N–H and O–H groups in total. The monoisotopic (exact) mass is 272 g/mol. The summed E-state index contributed by atoms with van der Waals surface area (Å²) in [5.41, 5.74) is 0.0896. The Labute approximate surface area is 112 Å². The summed E-state index contributed by atoms with van der Waals surface area (Å²) < 4.78 is 5.52. The van der Waals surface area contributed by atoms with Crippen molar-refractivity contribution < 1.29 is 4.74 Å². The summed E-state index contributed by atoms with van der Waals surface area (Å²) in [7, 11) is 0. The maximum Gasteiger partial charge on any atom is 0.327 e. The lowest BCUT2D eigenvalue weighted by atomic mass is 10.2. The first kappa shape index (κ1) is 12.2. The fraction of sp³-hybridized carbons (Fsp3) is 0.154. The molecule has 0 saturated heterocycles. The largest absolute Gasteiger partial charge is 0.493 e. The van der Waals surface area contributed by atoms with Crippen molar-refractivity contribution in [3.63, 3.8) is 0 Å². The van der Waals surface area contributed by atoms with E-state index in [1.807, 2.05) is 31.2 Å². The van der Waals surface area contributed by atoms with Gasteiger partial charge in [-0.1, -0.05) is 12.1 Å². The summed E-state index contributed by atoms with van der Waals surface area (Å²) in [6, 6.07) is 7.35. The normalized spacial score (nSPS) is 10.8. The highest BCUT2D eigenvalue weighted by molar-refractivity contribution is 5.76. The topological polar surface area (TPSA) is 104 Å². The molecule has 3 rings (SSSR count). The van der Waals surface area contributed by atoms with E-state index in [9.17, 15) is 9.59 Å². The predicted molar refractivity (Wildman–Crippen MR) is 73.9 cm³/mol. The third kappa shape index (κ3) is 1.99. The standard InChI is InChI=1S/C13H12N4O3/c1-2-20-8-6-4-3-5-7(8)10-14-9-11(15-10)16-13(19)17-12(9)18/h3-6H,2H2,1H3,(H3,14,15,16,17,18,19). The molecule has 0 bridgehead atoms. The second-order valence-corrected chi connectivity index (χ2v) is 4.15. The number of aromatic amines is 3. The summed E-state index contributed by atoms with van der Waals surface area (Å²) in [5, 5.41) is 0. The van der Waals surface area contributed by atoms with Gasteiger partial charge in [-0.15, -0.1) is 0 Å². The Balaban J connectivity index is 2.23. The summed E-state index contributed by atoms with van der Waals surface area (Å²) in [6.07, 6.45) is 0. The van der Waals surface area contributed by atoms with Crippen LogP contribution in [-0.2, 0) is 0 Å². The van der Waals surface area contributed by atoms with E-state index in [4.69, 9.17) is 4.74 Å². The fourth-order valence-electron chi connectivity index (χ4n) is 2.00. The van der Waals surface area contributed by atoms with Gasteiger partial charge >= 0.3 is 5.69 Å². The van der Waals surface area contributed by atoms with Crippen molar-refractivity contribution in [3.05, 3.63) is 45.1 Å². The molecule has 7 nitrogen and oxygen atoms in total. The first-order valence-electron chi connectivity index (χ1n) is 6.13. The Hall–Kier alpha value is -2.83. The minimum absolute atomic E-state index is 0.222. The number of fused-ring (bicyclic) bond motifs is 1. The van der Waals surface area contributed by atoms with Crippen LogP contribution in [-0.4, -0.2) is 26.5 Å². The lowest BCUT2D eigenvalue weighted by Gasteiger charge is -2.07. The van der Waals surface area contributed by atoms with Gasteiger partial charge in [0, 0.05) is 0 Å². The molecule has 0 aliphatic heterocycles. The number of H-pyrrole nitrogens is 3. The van der Waals surface area contributed by atoms with Gasteiger partial charge in [0.05, 0.1) is 12.2 Å². The zero-order chi connectivity index (χ0) is 14.1. The summed E-state index contributed by atoms with van der Waals surface area (Å²) in [4.78, 5) is 34.7. The van der Waals surface area contributed by atoms with Gasteiger partial charge in [0.15, 0.2) is 5.65 Å². The van der Waals surface area contributed by atoms with Crippen LogP contribution < -0.4 is 16.0 Å². The molecule has 0 unspecified atom stereocenters. The van der Waals surface area contributed by atoms with Gasteiger partial charge in [-0.3, -0.25) is 14.8 Å². The highest BCUT2D eigenvalue weighted by Crippen LogP contribution is 2.28. The van der Waals surface area contributed by atoms with Crippen molar-refractivity contribution in [1.29, 1.82) is 0 Å². The van der Waals surface area contributed by atoms with Crippen molar-refractivity contribution in [2.45, 2.75) is 6.92 Å². The third-order valence-corrected chi connectivity index (χ3v) is 2.83. The Morgan fingerprint density at radius 3 is 2.75 bits per heavy atom. The van der Waals surface area contributed by atoms with E-state index in [1.165, 1.54) is 0 Å². The number of rotatable bonds is 3. The molecule has 0 atom stereocenters. The summed E-state index contributed by atoms with van der Waals surface area (Å²) in [6.45, 7) is 2.41. The van der Waals surface area contributed by atoms with Gasteiger partial charge in [-0.25, -0.2) is 9.78 Å². The van der Waals surface area contributed by atoms with E-state index in [1.54, 1.807) is 0 Å². The third-order valence-electron chi connectivity index (χ3n) is 2.83. The Bertz CT molecular complexity index is 875. The lowest BCUT2D eigenvalue weighted by Crippen LogP contribution is -2.21. The summed E-state index contributed by atoms with van der Waals surface area (Å²) in [5.74, 6) is 1.13. The molecule has 0 fully saturated rings. The van der Waals surface area contributed by atoms with Crippen LogP contribution in [0.3, 0.4) is 0 Å². The van der Waals surface area contributed by atoms with E-state index in [2.05, 4.69) is 19.9 Å². The zero-order valence-corrected chi connectivity index (χ0v) is 10.7. The number of benzene rings is 1. The molecule has 0 amide bonds. The number of nitrogens with one attached hydrogen (secondary N) is 3. The molecule has 0 aliphatic rings. The van der Waals surface area contributed by atoms with Crippen molar-refractivity contribution in [3.8, 4) is 17.1 Å². The second kappa shape index (κ2) is 4.69. The average molecular weight is 272 g/mol. The van der Waals surface area contributed by atoms with Crippen LogP contribution in [0.25, 0.3) is 22.6 Å². The highest BCUT2D eigenvalue weighted by Gasteiger charge is 2.12. The first-order valence-corrected chi connectivity index (χ1v) is 6.13. The molecule has 0 spiro atoms. The Morgan fingerprint density at radius 1 is 1.15 bits per heavy atom. The van der Waals surface area contributed by atoms with Crippen LogP contribution in [0.4, 0.5) is 0 Å². The second-order valence-electron chi connectivity index (χ2n) is 4.15. The Morgan fingerprint density at radius 2 is 1.95 bits per heavy atom. The van der Waals surface area contributed by atoms with Crippen molar-refractivity contribution >= 4 is 11.2 Å². The van der Waals surface area contributed by atoms with E-state index < -0.39 is 11.2 Å². The molecule has 102 valence electrons. The number of imidazole rings is 1. The van der Waals surface area contributed by atoms with Crippen LogP contribution in [0.15, 0.2) is 33.9 Å². The van der Waals surface area contributed by atoms with Gasteiger partial charge in [0.2, 0.25) is 0 Å². The van der Waals surface area contributed by atoms with E-state index in [0.29, 0.717) is 18.2 Å². The first-order chi connectivity index (χ1) is 9.69. The molecule has 1 aromatic carbocycles. The maximum absolute atomic E-state index is 11.7. The Kier molecular flexibility index (Phi) is 2.86. The predicted octanol–water partition coefficient (Wildman–Crippen LogP) is 1.01. The number of para-hydroxylation sites is 1. The zero-order valence-electron chi connectivity index (χ0n) is 10.7. The van der Waals surface area contributed by atoms with Crippen molar-refractivity contribution in [1.82, 2.24) is 19.9 Å². The van der Waals surface area contributed by atoms with E-state index in [0.717, 1.165) is 5.56 Å². The maximum atomic E-state index is 11.7. The van der Waals surface area contributed by atoms with Crippen LogP contribution in [0, 0.1) is 0 Å². The molecule has 7 heteroatoms. The molecular formula is C13H12N4O3. The molecular weight excluding hydrogens is 260 g/mol. The van der Waals surface area contributed by atoms with E-state index in [-0.39, 0.29) is 11.2 Å². The molecule has 0 radical (unpaired) electrons. The quantitative estimate of drug-likeness (QED) is 0.661. The SMILES string of the molecule is CCOc1ccccc1-c1nc2[nH]c(=O)[nH]c(=O)c2[nH]1. The van der Waals surface area contributed by atoms with Gasteiger partial charge in [-0.05, 0) is 19.1 Å². The minimum atomic E-state index is -0.585. The molecule has 20 heavy (non-hydrogen) atoms. The van der Waals surface area contributed by atoms with Gasteiger partial charge in [0.1, 0.15) is 17.1 Å². The molecule has 0 saturated carbocycles. The van der Waals surface area contributed by atoms with E-state index >= 15 is 0 Å². The van der Waals surface area contributed by atoms with Crippen LogP contribution >= 0.6 is 0 Å². The van der Waals surface area contributed by atoms with Gasteiger partial charge in [0.25, 0.3) is 5.56 Å². The number of hydrogen-bond acceptors (Lipinski definition) is 4. The average Bonchev–Trinajstić information content (AvgIpc) is 2.83. The van der Waals surface area contributed by atoms with Crippen LogP contribution in [0.1, 0.15) is 6.92 Å². The highest BCUT2D eigenvalue weighted by atomic mass is 16.5. The minimum Gasteiger partial charge on any atom is -0.493 e. The lowest BCUT2D eigenvalue weighted by molar-refractivity contribution is 0.341. The fourth-order valence-corrected chi connectivity index (χ4v) is 2.00. The molecule has 2 aromatic heterocycles. The van der Waals surface area contributed by atoms with Crippen LogP contribution in [0.5, 0.6) is 5.75 Å². The number of hydrogen-bond donors (Lipinski definition) is 3. The van der Waals surface area contributed by atoms with Gasteiger partial charge in [-0.2, -0.15) is 0 Å². The smallest absolute Gasteiger partial charge is 0.327 e. The number of ether oxygens (including phenoxy) is 1. The van der Waals surface area contributed by atoms with Crippen LogP contribution in [0.2, 0.25) is 0 Å². The molecule has 0 aliphatic carbocycles.